The molecule has 0 atom stereocenters. The van der Waals surface area contributed by atoms with Gasteiger partial charge in [-0.3, -0.25) is 9.10 Å². The van der Waals surface area contributed by atoms with Crippen LogP contribution in [0.2, 0.25) is 0 Å². The first-order valence-corrected chi connectivity index (χ1v) is 12.0. The van der Waals surface area contributed by atoms with Crippen LogP contribution in [0.5, 0.6) is 11.5 Å². The van der Waals surface area contributed by atoms with Crippen molar-refractivity contribution in [3.63, 3.8) is 0 Å². The SMILES string of the molecule is COc1cccc(C(=O)Nc2ccc3c(c2)N(S(=O)(=O)c2ccc(C)cc2)CCC3)c1OC. The number of nitrogens with one attached hydrogen (secondary N) is 1. The van der Waals surface area contributed by atoms with E-state index in [-0.39, 0.29) is 10.8 Å². The van der Waals surface area contributed by atoms with E-state index in [9.17, 15) is 13.2 Å². The molecular formula is C25H26N2O5S. The molecule has 0 aliphatic carbocycles. The molecule has 1 amide bonds. The number of nitrogens with zero attached hydrogens (tertiary/aromatic N) is 1. The standard InChI is InChI=1S/C25H26N2O5S/c1-17-9-13-20(14-10-17)33(29,30)27-15-5-6-18-11-12-19(16-22(18)27)26-25(28)21-7-4-8-23(31-2)24(21)32-3/h4,7-14,16H,5-6,15H2,1-3H3,(H,26,28). The number of methoxy groups -OCH3 is 2. The fourth-order valence-electron chi connectivity index (χ4n) is 3.97. The number of aryl methyl sites for hydroxylation is 2. The number of amides is 1. The van der Waals surface area contributed by atoms with Crippen LogP contribution in [0.15, 0.2) is 65.6 Å². The van der Waals surface area contributed by atoms with E-state index in [4.69, 9.17) is 9.47 Å². The lowest BCUT2D eigenvalue weighted by Gasteiger charge is -2.31. The zero-order chi connectivity index (χ0) is 23.6. The average Bonchev–Trinajstić information content (AvgIpc) is 2.83. The van der Waals surface area contributed by atoms with E-state index < -0.39 is 10.0 Å². The van der Waals surface area contributed by atoms with Crippen molar-refractivity contribution >= 4 is 27.3 Å². The summed E-state index contributed by atoms with van der Waals surface area (Å²) in [5.74, 6) is 0.402. The van der Waals surface area contributed by atoms with Crippen molar-refractivity contribution in [3.8, 4) is 11.5 Å². The van der Waals surface area contributed by atoms with Crippen LogP contribution in [0.1, 0.15) is 27.9 Å². The van der Waals surface area contributed by atoms with Crippen LogP contribution < -0.4 is 19.1 Å². The maximum Gasteiger partial charge on any atom is 0.264 e. The van der Waals surface area contributed by atoms with Crippen molar-refractivity contribution in [1.29, 1.82) is 0 Å². The van der Waals surface area contributed by atoms with E-state index >= 15 is 0 Å². The third kappa shape index (κ3) is 4.39. The molecule has 0 saturated carbocycles. The summed E-state index contributed by atoms with van der Waals surface area (Å²) in [5.41, 5.74) is 3.31. The fraction of sp³-hybridized carbons (Fsp3) is 0.240. The number of ether oxygens (including phenoxy) is 2. The van der Waals surface area contributed by atoms with Gasteiger partial charge >= 0.3 is 0 Å². The molecule has 0 radical (unpaired) electrons. The monoisotopic (exact) mass is 466 g/mol. The van der Waals surface area contributed by atoms with Gasteiger partial charge < -0.3 is 14.8 Å². The summed E-state index contributed by atoms with van der Waals surface area (Å²) in [5, 5.41) is 2.86. The van der Waals surface area contributed by atoms with Gasteiger partial charge in [0.25, 0.3) is 15.9 Å². The second-order valence-corrected chi connectivity index (χ2v) is 9.69. The van der Waals surface area contributed by atoms with Gasteiger partial charge in [0.15, 0.2) is 11.5 Å². The van der Waals surface area contributed by atoms with Crippen molar-refractivity contribution in [2.24, 2.45) is 0 Å². The molecule has 1 aliphatic heterocycles. The third-order valence-corrected chi connectivity index (χ3v) is 7.50. The van der Waals surface area contributed by atoms with Gasteiger partial charge in [0, 0.05) is 12.2 Å². The largest absolute Gasteiger partial charge is 0.493 e. The lowest BCUT2D eigenvalue weighted by Crippen LogP contribution is -2.35. The minimum absolute atomic E-state index is 0.247. The molecule has 0 bridgehead atoms. The molecule has 33 heavy (non-hydrogen) atoms. The molecule has 7 nitrogen and oxygen atoms in total. The molecule has 3 aromatic rings. The number of carbonyl (C=O) groups is 1. The number of fused-ring (bicyclic) bond motifs is 1. The second-order valence-electron chi connectivity index (χ2n) is 7.83. The first-order chi connectivity index (χ1) is 15.8. The smallest absolute Gasteiger partial charge is 0.264 e. The highest BCUT2D eigenvalue weighted by Crippen LogP contribution is 2.35. The second kappa shape index (κ2) is 9.15. The Morgan fingerprint density at radius 2 is 1.76 bits per heavy atom. The number of para-hydroxylation sites is 1. The maximum atomic E-state index is 13.4. The van der Waals surface area contributed by atoms with Crippen LogP contribution in [0.4, 0.5) is 11.4 Å². The number of hydrogen-bond donors (Lipinski definition) is 1. The van der Waals surface area contributed by atoms with Crippen molar-refractivity contribution in [2.45, 2.75) is 24.7 Å². The molecule has 1 N–H and O–H groups in total. The quantitative estimate of drug-likeness (QED) is 0.582. The van der Waals surface area contributed by atoms with E-state index in [0.717, 1.165) is 24.0 Å². The lowest BCUT2D eigenvalue weighted by atomic mass is 10.0. The number of carbonyl (C=O) groups excluding carboxylic acids is 1. The molecule has 1 aliphatic rings. The van der Waals surface area contributed by atoms with E-state index in [2.05, 4.69) is 5.32 Å². The molecule has 0 spiro atoms. The van der Waals surface area contributed by atoms with Gasteiger partial charge in [0.05, 0.1) is 30.4 Å². The highest BCUT2D eigenvalue weighted by atomic mass is 32.2. The Bertz CT molecular complexity index is 1290. The maximum absolute atomic E-state index is 13.4. The van der Waals surface area contributed by atoms with Gasteiger partial charge in [-0.15, -0.1) is 0 Å². The Hall–Kier alpha value is -3.52. The summed E-state index contributed by atoms with van der Waals surface area (Å²) in [6, 6.07) is 17.2. The summed E-state index contributed by atoms with van der Waals surface area (Å²) < 4.78 is 38.8. The van der Waals surface area contributed by atoms with Crippen LogP contribution in [0, 0.1) is 6.92 Å². The number of anilines is 2. The van der Waals surface area contributed by atoms with Crippen molar-refractivity contribution in [3.05, 3.63) is 77.4 Å². The molecule has 8 heteroatoms. The minimum Gasteiger partial charge on any atom is -0.493 e. The molecule has 0 fully saturated rings. The molecule has 0 unspecified atom stereocenters. The Morgan fingerprint density at radius 3 is 2.45 bits per heavy atom. The Labute approximate surface area is 194 Å². The fourth-order valence-corrected chi connectivity index (χ4v) is 5.50. The predicted molar refractivity (Wildman–Crippen MR) is 128 cm³/mol. The van der Waals surface area contributed by atoms with Crippen molar-refractivity contribution in [1.82, 2.24) is 0 Å². The van der Waals surface area contributed by atoms with Crippen LogP contribution in [0.25, 0.3) is 0 Å². The van der Waals surface area contributed by atoms with Crippen LogP contribution in [0.3, 0.4) is 0 Å². The summed E-state index contributed by atoms with van der Waals surface area (Å²) in [6.45, 7) is 2.29. The minimum atomic E-state index is -3.73. The van der Waals surface area contributed by atoms with E-state index in [1.807, 2.05) is 13.0 Å². The molecule has 172 valence electrons. The van der Waals surface area contributed by atoms with Crippen molar-refractivity contribution < 1.29 is 22.7 Å². The highest BCUT2D eigenvalue weighted by molar-refractivity contribution is 7.92. The Balaban J connectivity index is 1.67. The zero-order valence-corrected chi connectivity index (χ0v) is 19.6. The first-order valence-electron chi connectivity index (χ1n) is 10.6. The predicted octanol–water partition coefficient (Wildman–Crippen LogP) is 4.41. The van der Waals surface area contributed by atoms with E-state index in [1.54, 1.807) is 54.6 Å². The average molecular weight is 467 g/mol. The molecule has 4 rings (SSSR count). The number of sulfonamides is 1. The number of benzene rings is 3. The van der Waals surface area contributed by atoms with Gasteiger partial charge in [-0.05, 0) is 61.7 Å². The Morgan fingerprint density at radius 1 is 1.00 bits per heavy atom. The lowest BCUT2D eigenvalue weighted by molar-refractivity contribution is 0.102. The van der Waals surface area contributed by atoms with E-state index in [1.165, 1.54) is 18.5 Å². The molecule has 0 aromatic heterocycles. The Kier molecular flexibility index (Phi) is 6.29. The van der Waals surface area contributed by atoms with Gasteiger partial charge in [0.2, 0.25) is 0 Å². The van der Waals surface area contributed by atoms with Crippen molar-refractivity contribution in [2.75, 3.05) is 30.4 Å². The number of hydrogen-bond acceptors (Lipinski definition) is 5. The van der Waals surface area contributed by atoms with Gasteiger partial charge in [-0.1, -0.05) is 29.8 Å². The third-order valence-electron chi connectivity index (χ3n) is 5.68. The summed E-state index contributed by atoms with van der Waals surface area (Å²) in [4.78, 5) is 13.2. The zero-order valence-electron chi connectivity index (χ0n) is 18.8. The van der Waals surface area contributed by atoms with Crippen LogP contribution in [-0.4, -0.2) is 35.1 Å². The van der Waals surface area contributed by atoms with Crippen LogP contribution >= 0.6 is 0 Å². The molecule has 1 heterocycles. The first kappa shape index (κ1) is 22.7. The summed E-state index contributed by atoms with van der Waals surface area (Å²) in [6.07, 6.45) is 1.50. The molecular weight excluding hydrogens is 440 g/mol. The number of rotatable bonds is 6. The van der Waals surface area contributed by atoms with E-state index in [0.29, 0.717) is 35.0 Å². The van der Waals surface area contributed by atoms with Gasteiger partial charge in [-0.2, -0.15) is 0 Å². The molecule has 3 aromatic carbocycles. The van der Waals surface area contributed by atoms with Crippen LogP contribution in [-0.2, 0) is 16.4 Å². The summed E-state index contributed by atoms with van der Waals surface area (Å²) in [7, 11) is -0.746. The van der Waals surface area contributed by atoms with Gasteiger partial charge in [0.1, 0.15) is 0 Å². The highest BCUT2D eigenvalue weighted by Gasteiger charge is 2.29. The summed E-state index contributed by atoms with van der Waals surface area (Å²) >= 11 is 0. The molecule has 0 saturated heterocycles. The van der Waals surface area contributed by atoms with Gasteiger partial charge in [-0.25, -0.2) is 8.42 Å². The normalized spacial score (nSPS) is 13.2. The topological polar surface area (TPSA) is 84.9 Å².